The Kier molecular flexibility index (Phi) is 8.08. The van der Waals surface area contributed by atoms with Gasteiger partial charge in [-0.2, -0.15) is 9.36 Å². The van der Waals surface area contributed by atoms with E-state index in [1.807, 2.05) is 0 Å². The number of fused-ring (bicyclic) bond motifs is 1. The van der Waals surface area contributed by atoms with Crippen LogP contribution in [0.2, 0.25) is 0 Å². The highest BCUT2D eigenvalue weighted by Gasteiger charge is 2.54. The fourth-order valence-electron chi connectivity index (χ4n) is 3.33. The molecule has 1 unspecified atom stereocenters. The number of terminal acetylenes is 1. The van der Waals surface area contributed by atoms with Gasteiger partial charge in [0.2, 0.25) is 16.7 Å². The number of nitrogens with zero attached hydrogens (tertiary/aromatic N) is 8. The van der Waals surface area contributed by atoms with E-state index in [0.717, 1.165) is 32.9 Å². The minimum absolute atomic E-state index is 0.0739. The number of hydrogen-bond acceptors (Lipinski definition) is 15. The van der Waals surface area contributed by atoms with Crippen molar-refractivity contribution in [2.24, 2.45) is 5.16 Å². The van der Waals surface area contributed by atoms with Gasteiger partial charge in [-0.05, 0) is 16.0 Å². The van der Waals surface area contributed by atoms with Crippen molar-refractivity contribution in [3.8, 4) is 12.3 Å². The Hall–Kier alpha value is -4.22. The van der Waals surface area contributed by atoms with E-state index in [1.54, 1.807) is 0 Å². The highest BCUT2D eigenvalue weighted by atomic mass is 32.2. The number of hydrogen-bond donors (Lipinski definition) is 4. The van der Waals surface area contributed by atoms with Gasteiger partial charge in [-0.1, -0.05) is 22.8 Å². The van der Waals surface area contributed by atoms with Crippen LogP contribution in [-0.4, -0.2) is 104 Å². The number of thioether (sulfide) groups is 2. The largest absolute Gasteiger partial charge is 0.480 e. The lowest BCUT2D eigenvalue weighted by molar-refractivity contribution is -0.150. The van der Waals surface area contributed by atoms with E-state index in [9.17, 15) is 24.3 Å². The number of carbonyl (C=O) groups excluding carboxylic acids is 2. The molecule has 2 amide bonds. The van der Waals surface area contributed by atoms with Crippen molar-refractivity contribution in [3.05, 3.63) is 17.1 Å². The summed E-state index contributed by atoms with van der Waals surface area (Å²) < 4.78 is 4.98. The average Bonchev–Trinajstić information content (AvgIpc) is 3.50. The van der Waals surface area contributed by atoms with Crippen molar-refractivity contribution < 1.29 is 34.2 Å². The molecule has 17 nitrogen and oxygen atoms in total. The number of aromatic nitrogens is 6. The summed E-state index contributed by atoms with van der Waals surface area (Å²) in [4.78, 5) is 58.8. The summed E-state index contributed by atoms with van der Waals surface area (Å²) in [7, 11) is 0. The topological polar surface area (TPSA) is 241 Å². The van der Waals surface area contributed by atoms with Crippen LogP contribution in [0.3, 0.4) is 0 Å². The molecule has 4 heterocycles. The van der Waals surface area contributed by atoms with Gasteiger partial charge in [-0.3, -0.25) is 19.3 Å². The van der Waals surface area contributed by atoms with Gasteiger partial charge in [0, 0.05) is 23.0 Å². The number of oxime groups is 1. The standard InChI is InChI=1S/C18H16N10O7S3/c1-2-3-35-23-9(12-21-17(19)38-24-12)13(31)20-10-14(32)28-11(16(33)34)7(5-36-15(10)28)6-37-18-22-25-26-27(18)4-8(29)30/h1,10,15H,3-6H2,(H,20,31)(H,29,30)(H,33,34)(H2,19,21,24)/t10?,15-/m0/s1. The van der Waals surface area contributed by atoms with Gasteiger partial charge in [-0.15, -0.1) is 23.3 Å². The number of nitrogens with one attached hydrogen (secondary N) is 1. The maximum Gasteiger partial charge on any atom is 0.352 e. The Morgan fingerprint density at radius 3 is 2.82 bits per heavy atom. The molecule has 5 N–H and O–H groups in total. The molecule has 1 fully saturated rings. The van der Waals surface area contributed by atoms with E-state index in [0.29, 0.717) is 5.57 Å². The number of aliphatic carboxylic acids is 2. The van der Waals surface area contributed by atoms with Gasteiger partial charge in [0.15, 0.2) is 11.7 Å². The Labute approximate surface area is 225 Å². The van der Waals surface area contributed by atoms with Crippen molar-refractivity contribution in [3.63, 3.8) is 0 Å². The van der Waals surface area contributed by atoms with Crippen LogP contribution >= 0.6 is 35.1 Å². The SMILES string of the molecule is C#CCON=C(C(=O)NC1C(=O)N2C(C(=O)O)=C(CSc3nnnn3CC(=O)O)CS[C@@H]12)c1nsc(N)n1. The van der Waals surface area contributed by atoms with E-state index in [4.69, 9.17) is 22.1 Å². The van der Waals surface area contributed by atoms with E-state index in [-0.39, 0.29) is 45.6 Å². The molecule has 1 saturated heterocycles. The first-order valence-corrected chi connectivity index (χ1v) is 13.1. The smallest absolute Gasteiger partial charge is 0.352 e. The van der Waals surface area contributed by atoms with Gasteiger partial charge < -0.3 is 26.1 Å². The first kappa shape index (κ1) is 26.8. The van der Waals surface area contributed by atoms with Gasteiger partial charge in [-0.25, -0.2) is 9.48 Å². The van der Waals surface area contributed by atoms with Gasteiger partial charge in [0.25, 0.3) is 11.8 Å². The number of β-lactam (4-membered cyclic amide) rings is 1. The number of rotatable bonds is 11. The number of nitrogen functional groups attached to an aromatic ring is 1. The molecule has 2 aromatic heterocycles. The zero-order valence-corrected chi connectivity index (χ0v) is 21.3. The molecule has 0 bridgehead atoms. The van der Waals surface area contributed by atoms with Crippen LogP contribution in [0.1, 0.15) is 5.82 Å². The molecule has 0 saturated carbocycles. The lowest BCUT2D eigenvalue weighted by atomic mass is 10.0. The summed E-state index contributed by atoms with van der Waals surface area (Å²) in [6, 6.07) is -1.06. The minimum atomic E-state index is -1.33. The quantitative estimate of drug-likeness (QED) is 0.0565. The number of carboxylic acids is 2. The van der Waals surface area contributed by atoms with Crippen molar-refractivity contribution in [1.82, 2.24) is 39.8 Å². The summed E-state index contributed by atoms with van der Waals surface area (Å²) in [6.07, 6.45) is 5.13. The number of amides is 2. The monoisotopic (exact) mass is 580 g/mol. The summed E-state index contributed by atoms with van der Waals surface area (Å²) in [5, 5.41) is 35.3. The predicted molar refractivity (Wildman–Crippen MR) is 132 cm³/mol. The number of carbonyl (C=O) groups is 4. The first-order chi connectivity index (χ1) is 18.2. The lowest BCUT2D eigenvalue weighted by Crippen LogP contribution is -2.71. The number of anilines is 1. The maximum atomic E-state index is 13.0. The maximum absolute atomic E-state index is 13.0. The molecule has 0 spiro atoms. The molecular formula is C18H16N10O7S3. The molecule has 0 aliphatic carbocycles. The van der Waals surface area contributed by atoms with Gasteiger partial charge >= 0.3 is 11.9 Å². The number of carboxylic acid groups (broad SMARTS) is 2. The van der Waals surface area contributed by atoms with Crippen molar-refractivity contribution in [2.45, 2.75) is 23.1 Å². The second-order valence-electron chi connectivity index (χ2n) is 7.29. The van der Waals surface area contributed by atoms with Crippen LogP contribution < -0.4 is 11.1 Å². The van der Waals surface area contributed by atoms with E-state index in [1.165, 1.54) is 11.8 Å². The molecule has 0 aromatic carbocycles. The van der Waals surface area contributed by atoms with Crippen LogP contribution in [0.15, 0.2) is 21.6 Å². The third-order valence-corrected chi connectivity index (χ3v) is 7.79. The van der Waals surface area contributed by atoms with Crippen LogP contribution in [-0.2, 0) is 30.6 Å². The molecule has 198 valence electrons. The Balaban J connectivity index is 1.48. The average molecular weight is 581 g/mol. The molecule has 2 atom stereocenters. The normalized spacial score (nSPS) is 18.9. The third kappa shape index (κ3) is 5.53. The van der Waals surface area contributed by atoms with Crippen molar-refractivity contribution in [1.29, 1.82) is 0 Å². The lowest BCUT2D eigenvalue weighted by Gasteiger charge is -2.49. The second-order valence-corrected chi connectivity index (χ2v) is 10.1. The molecule has 20 heteroatoms. The van der Waals surface area contributed by atoms with E-state index in [2.05, 4.69) is 41.3 Å². The highest BCUT2D eigenvalue weighted by molar-refractivity contribution is 8.01. The zero-order chi connectivity index (χ0) is 27.4. The number of tetrazole rings is 1. The third-order valence-electron chi connectivity index (χ3n) is 4.87. The second kappa shape index (κ2) is 11.4. The molecule has 2 aliphatic heterocycles. The van der Waals surface area contributed by atoms with Crippen LogP contribution in [0, 0.1) is 12.3 Å². The molecule has 38 heavy (non-hydrogen) atoms. The summed E-state index contributed by atoms with van der Waals surface area (Å²) in [6.45, 7) is -0.702. The summed E-state index contributed by atoms with van der Waals surface area (Å²) >= 11 is 3.09. The van der Waals surface area contributed by atoms with Crippen LogP contribution in [0.4, 0.5) is 5.13 Å². The minimum Gasteiger partial charge on any atom is -0.480 e. The van der Waals surface area contributed by atoms with Crippen molar-refractivity contribution in [2.75, 3.05) is 23.8 Å². The first-order valence-electron chi connectivity index (χ1n) is 10.3. The van der Waals surface area contributed by atoms with E-state index >= 15 is 0 Å². The highest BCUT2D eigenvalue weighted by Crippen LogP contribution is 2.41. The van der Waals surface area contributed by atoms with Crippen molar-refractivity contribution >= 4 is 69.7 Å². The van der Waals surface area contributed by atoms with Gasteiger partial charge in [0.1, 0.15) is 23.7 Å². The Bertz CT molecular complexity index is 1400. The molecule has 2 aliphatic rings. The van der Waals surface area contributed by atoms with E-state index < -0.39 is 41.7 Å². The molecule has 4 rings (SSSR count). The predicted octanol–water partition coefficient (Wildman–Crippen LogP) is -1.92. The molecule has 0 radical (unpaired) electrons. The summed E-state index contributed by atoms with van der Waals surface area (Å²) in [5.74, 6) is -1.61. The fraction of sp³-hybridized carbons (Fsp3) is 0.333. The molecule has 2 aromatic rings. The van der Waals surface area contributed by atoms with Crippen LogP contribution in [0.5, 0.6) is 0 Å². The number of nitrogens with two attached hydrogens (primary N) is 1. The fourth-order valence-corrected chi connectivity index (χ4v) is 6.13. The molecular weight excluding hydrogens is 564 g/mol. The van der Waals surface area contributed by atoms with Crippen LogP contribution in [0.25, 0.3) is 0 Å². The zero-order valence-electron chi connectivity index (χ0n) is 18.9. The summed E-state index contributed by atoms with van der Waals surface area (Å²) in [5.41, 5.74) is 5.40. The Morgan fingerprint density at radius 1 is 1.37 bits per heavy atom. The Morgan fingerprint density at radius 2 is 2.16 bits per heavy atom. The van der Waals surface area contributed by atoms with Gasteiger partial charge in [0.05, 0.1) is 0 Å².